The Morgan fingerprint density at radius 3 is 2.30 bits per heavy atom. The molecule has 1 aliphatic rings. The molecule has 2 aromatic rings. The average molecular weight is 334 g/mol. The largest absolute Gasteiger partial charge is 0.337 e. The van der Waals surface area contributed by atoms with Gasteiger partial charge in [0.15, 0.2) is 0 Å². The van der Waals surface area contributed by atoms with Crippen LogP contribution in [0.25, 0.3) is 0 Å². The summed E-state index contributed by atoms with van der Waals surface area (Å²) in [4.78, 5) is 32.3. The number of pyridine rings is 1. The first-order valence-corrected chi connectivity index (χ1v) is 7.71. The number of aromatic amines is 1. The standard InChI is InChI=1S/C15H16ClN5O2/c16-13-6-11(7-17-10-13)14(22)20-2-1-3-21(5-4-20)15(23)12-8-18-19-9-12/h6-10H,1-5H2,(H,18,19). The zero-order valence-corrected chi connectivity index (χ0v) is 13.2. The lowest BCUT2D eigenvalue weighted by atomic mass is 10.2. The molecule has 1 fully saturated rings. The molecule has 0 unspecified atom stereocenters. The van der Waals surface area contributed by atoms with Gasteiger partial charge in [-0.2, -0.15) is 5.10 Å². The third-order valence-electron chi connectivity index (χ3n) is 3.77. The van der Waals surface area contributed by atoms with Crippen molar-refractivity contribution < 1.29 is 9.59 Å². The minimum Gasteiger partial charge on any atom is -0.337 e. The van der Waals surface area contributed by atoms with Gasteiger partial charge in [0.05, 0.1) is 22.3 Å². The van der Waals surface area contributed by atoms with Crippen molar-refractivity contribution in [3.63, 3.8) is 0 Å². The number of amides is 2. The summed E-state index contributed by atoms with van der Waals surface area (Å²) in [7, 11) is 0. The van der Waals surface area contributed by atoms with E-state index in [-0.39, 0.29) is 11.8 Å². The van der Waals surface area contributed by atoms with Crippen LogP contribution in [0.5, 0.6) is 0 Å². The predicted molar refractivity (Wildman–Crippen MR) is 84.3 cm³/mol. The molecule has 0 aromatic carbocycles. The van der Waals surface area contributed by atoms with E-state index in [4.69, 9.17) is 11.6 Å². The number of nitrogens with zero attached hydrogens (tertiary/aromatic N) is 4. The van der Waals surface area contributed by atoms with Crippen molar-refractivity contribution in [2.24, 2.45) is 0 Å². The Bertz CT molecular complexity index is 704. The van der Waals surface area contributed by atoms with Crippen LogP contribution in [0.15, 0.2) is 30.9 Å². The maximum atomic E-state index is 12.5. The maximum Gasteiger partial charge on any atom is 0.257 e. The van der Waals surface area contributed by atoms with Gasteiger partial charge in [-0.3, -0.25) is 19.7 Å². The molecule has 0 spiro atoms. The van der Waals surface area contributed by atoms with Gasteiger partial charge in [0.25, 0.3) is 11.8 Å². The Hall–Kier alpha value is -2.41. The van der Waals surface area contributed by atoms with E-state index < -0.39 is 0 Å². The van der Waals surface area contributed by atoms with Gasteiger partial charge in [-0.15, -0.1) is 0 Å². The fourth-order valence-electron chi connectivity index (χ4n) is 2.59. The van der Waals surface area contributed by atoms with Gasteiger partial charge in [0.1, 0.15) is 0 Å². The highest BCUT2D eigenvalue weighted by Gasteiger charge is 2.24. The summed E-state index contributed by atoms with van der Waals surface area (Å²) in [5, 5.41) is 6.87. The minimum atomic E-state index is -0.113. The van der Waals surface area contributed by atoms with Crippen LogP contribution in [0.2, 0.25) is 5.02 Å². The van der Waals surface area contributed by atoms with Gasteiger partial charge in [0, 0.05) is 44.8 Å². The summed E-state index contributed by atoms with van der Waals surface area (Å²) in [6.07, 6.45) is 6.81. The number of hydrogen-bond donors (Lipinski definition) is 1. The van der Waals surface area contributed by atoms with E-state index in [0.29, 0.717) is 42.3 Å². The van der Waals surface area contributed by atoms with Crippen LogP contribution in [0, 0.1) is 0 Å². The number of halogens is 1. The molecule has 8 heteroatoms. The highest BCUT2D eigenvalue weighted by atomic mass is 35.5. The number of carbonyl (C=O) groups is 2. The molecule has 7 nitrogen and oxygen atoms in total. The van der Waals surface area contributed by atoms with Crippen molar-refractivity contribution >= 4 is 23.4 Å². The van der Waals surface area contributed by atoms with E-state index in [9.17, 15) is 9.59 Å². The summed E-state index contributed by atoms with van der Waals surface area (Å²) in [5.41, 5.74) is 0.996. The predicted octanol–water partition coefficient (Wildman–Crippen LogP) is 1.45. The molecule has 23 heavy (non-hydrogen) atoms. The smallest absolute Gasteiger partial charge is 0.257 e. The number of nitrogens with one attached hydrogen (secondary N) is 1. The molecule has 0 saturated carbocycles. The number of carbonyl (C=O) groups excluding carboxylic acids is 2. The van der Waals surface area contributed by atoms with Gasteiger partial charge >= 0.3 is 0 Å². The van der Waals surface area contributed by atoms with Crippen LogP contribution >= 0.6 is 11.6 Å². The highest BCUT2D eigenvalue weighted by Crippen LogP contribution is 2.14. The van der Waals surface area contributed by atoms with E-state index in [0.717, 1.165) is 6.42 Å². The van der Waals surface area contributed by atoms with Crippen molar-refractivity contribution in [3.8, 4) is 0 Å². The molecule has 0 radical (unpaired) electrons. The molecule has 0 bridgehead atoms. The number of H-pyrrole nitrogens is 1. The van der Waals surface area contributed by atoms with Crippen molar-refractivity contribution in [2.45, 2.75) is 6.42 Å². The van der Waals surface area contributed by atoms with E-state index in [2.05, 4.69) is 15.2 Å². The van der Waals surface area contributed by atoms with Crippen molar-refractivity contribution in [2.75, 3.05) is 26.2 Å². The van der Waals surface area contributed by atoms with Gasteiger partial charge in [-0.05, 0) is 12.5 Å². The van der Waals surface area contributed by atoms with Crippen LogP contribution in [0.1, 0.15) is 27.1 Å². The molecular weight excluding hydrogens is 318 g/mol. The summed E-state index contributed by atoms with van der Waals surface area (Å²) >= 11 is 5.89. The first-order valence-electron chi connectivity index (χ1n) is 7.33. The van der Waals surface area contributed by atoms with Crippen LogP contribution in [0.3, 0.4) is 0 Å². The summed E-state index contributed by atoms with van der Waals surface area (Å²) in [6, 6.07) is 1.61. The second kappa shape index (κ2) is 6.78. The van der Waals surface area contributed by atoms with Gasteiger partial charge in [0.2, 0.25) is 0 Å². The van der Waals surface area contributed by atoms with Gasteiger partial charge in [-0.25, -0.2) is 0 Å². The molecular formula is C15H16ClN5O2. The SMILES string of the molecule is O=C(c1cn[nH]c1)N1CCCN(C(=O)c2cncc(Cl)c2)CC1. The molecule has 3 heterocycles. The second-order valence-corrected chi connectivity index (χ2v) is 5.75. The first kappa shape index (κ1) is 15.5. The monoisotopic (exact) mass is 333 g/mol. The van der Waals surface area contributed by atoms with E-state index in [1.54, 1.807) is 22.1 Å². The Morgan fingerprint density at radius 2 is 1.70 bits per heavy atom. The van der Waals surface area contributed by atoms with Crippen LogP contribution in [0.4, 0.5) is 0 Å². The number of hydrogen-bond acceptors (Lipinski definition) is 4. The molecule has 2 amide bonds. The second-order valence-electron chi connectivity index (χ2n) is 5.32. The Kier molecular flexibility index (Phi) is 4.57. The van der Waals surface area contributed by atoms with Crippen LogP contribution < -0.4 is 0 Å². The molecule has 1 aliphatic heterocycles. The van der Waals surface area contributed by atoms with Gasteiger partial charge < -0.3 is 9.80 Å². The number of rotatable bonds is 2. The molecule has 1 N–H and O–H groups in total. The molecule has 1 saturated heterocycles. The normalized spacial score (nSPS) is 15.3. The van der Waals surface area contributed by atoms with Gasteiger partial charge in [-0.1, -0.05) is 11.6 Å². The first-order chi connectivity index (χ1) is 11.1. The maximum absolute atomic E-state index is 12.5. The van der Waals surface area contributed by atoms with Crippen molar-refractivity contribution in [3.05, 3.63) is 47.0 Å². The molecule has 0 atom stereocenters. The minimum absolute atomic E-state index is 0.0718. The summed E-state index contributed by atoms with van der Waals surface area (Å²) in [5.74, 6) is -0.185. The molecule has 3 rings (SSSR count). The van der Waals surface area contributed by atoms with E-state index in [1.807, 2.05) is 0 Å². The third kappa shape index (κ3) is 3.50. The van der Waals surface area contributed by atoms with Crippen molar-refractivity contribution in [1.29, 1.82) is 0 Å². The topological polar surface area (TPSA) is 82.2 Å². The average Bonchev–Trinajstić information content (AvgIpc) is 2.98. The van der Waals surface area contributed by atoms with E-state index >= 15 is 0 Å². The quantitative estimate of drug-likeness (QED) is 0.901. The van der Waals surface area contributed by atoms with Crippen LogP contribution in [-0.4, -0.2) is 63.0 Å². The lowest BCUT2D eigenvalue weighted by Gasteiger charge is -2.22. The fraction of sp³-hybridized carbons (Fsp3) is 0.333. The zero-order valence-electron chi connectivity index (χ0n) is 12.4. The fourth-order valence-corrected chi connectivity index (χ4v) is 2.76. The Balaban J connectivity index is 1.66. The Morgan fingerprint density at radius 1 is 1.00 bits per heavy atom. The van der Waals surface area contributed by atoms with Crippen LogP contribution in [-0.2, 0) is 0 Å². The summed E-state index contributed by atoms with van der Waals surface area (Å²) in [6.45, 7) is 2.18. The zero-order chi connectivity index (χ0) is 16.2. The van der Waals surface area contributed by atoms with Crippen molar-refractivity contribution in [1.82, 2.24) is 25.0 Å². The number of aromatic nitrogens is 3. The molecule has 120 valence electrons. The molecule has 2 aromatic heterocycles. The lowest BCUT2D eigenvalue weighted by Crippen LogP contribution is -2.37. The lowest BCUT2D eigenvalue weighted by molar-refractivity contribution is 0.0718. The third-order valence-corrected chi connectivity index (χ3v) is 3.97. The Labute approximate surface area is 138 Å². The highest BCUT2D eigenvalue weighted by molar-refractivity contribution is 6.30. The summed E-state index contributed by atoms with van der Waals surface area (Å²) < 4.78 is 0. The van der Waals surface area contributed by atoms with E-state index in [1.165, 1.54) is 18.6 Å². The molecule has 0 aliphatic carbocycles.